The largest absolute Gasteiger partial charge is 0.381 e. The summed E-state index contributed by atoms with van der Waals surface area (Å²) < 4.78 is 5.47. The van der Waals surface area contributed by atoms with Gasteiger partial charge in [-0.05, 0) is 38.2 Å². The lowest BCUT2D eigenvalue weighted by Crippen LogP contribution is -2.53. The lowest BCUT2D eigenvalue weighted by molar-refractivity contribution is 0.159. The van der Waals surface area contributed by atoms with Crippen LogP contribution in [0, 0.1) is 5.92 Å². The molecule has 0 radical (unpaired) electrons. The van der Waals surface area contributed by atoms with Crippen LogP contribution in [0.4, 0.5) is 10.7 Å². The van der Waals surface area contributed by atoms with Gasteiger partial charge in [-0.25, -0.2) is 14.8 Å². The third-order valence-electron chi connectivity index (χ3n) is 5.31. The fourth-order valence-electron chi connectivity index (χ4n) is 3.78. The first-order chi connectivity index (χ1) is 12.3. The number of carbonyl (C=O) groups is 1. The van der Waals surface area contributed by atoms with Gasteiger partial charge >= 0.3 is 6.03 Å². The van der Waals surface area contributed by atoms with Crippen molar-refractivity contribution < 1.29 is 9.53 Å². The maximum absolute atomic E-state index is 12.8. The summed E-state index contributed by atoms with van der Waals surface area (Å²) in [5.74, 6) is 1.25. The van der Waals surface area contributed by atoms with E-state index >= 15 is 0 Å². The van der Waals surface area contributed by atoms with Crippen LogP contribution in [0.5, 0.6) is 0 Å². The average Bonchev–Trinajstić information content (AvgIpc) is 3.36. The molecule has 0 aromatic carbocycles. The summed E-state index contributed by atoms with van der Waals surface area (Å²) in [4.78, 5) is 25.7. The Hall–Kier alpha value is -1.89. The molecule has 3 aliphatic rings. The SMILES string of the molecule is O=C(N[C@@H]1CCCN(c2ncccn2)C1)N(C[C@@H]1CCOC1)C1CC1. The molecular formula is C18H27N5O2. The number of ether oxygens (including phenoxy) is 1. The Balaban J connectivity index is 1.34. The van der Waals surface area contributed by atoms with Crippen molar-refractivity contribution in [2.75, 3.05) is 37.7 Å². The van der Waals surface area contributed by atoms with Gasteiger partial charge in [-0.3, -0.25) is 0 Å². The normalized spacial score (nSPS) is 26.5. The number of piperidine rings is 1. The number of anilines is 1. The molecule has 1 N–H and O–H groups in total. The standard InChI is InChI=1S/C18H27N5O2/c24-18(23(16-4-5-16)11-14-6-10-25-13-14)21-15-3-1-9-22(12-15)17-19-7-2-8-20-17/h2,7-8,14-16H,1,3-6,9-13H2,(H,21,24)/t14-,15+/m0/s1. The molecule has 2 aliphatic heterocycles. The number of carbonyl (C=O) groups excluding carboxylic acids is 1. The number of nitrogens with zero attached hydrogens (tertiary/aromatic N) is 4. The first-order valence-corrected chi connectivity index (χ1v) is 9.46. The third kappa shape index (κ3) is 4.21. The Bertz CT molecular complexity index is 574. The Morgan fingerprint density at radius 2 is 2.12 bits per heavy atom. The zero-order valence-corrected chi connectivity index (χ0v) is 14.6. The Morgan fingerprint density at radius 1 is 1.28 bits per heavy atom. The molecule has 1 aromatic rings. The second-order valence-electron chi connectivity index (χ2n) is 7.40. The van der Waals surface area contributed by atoms with E-state index in [2.05, 4.69) is 25.1 Å². The van der Waals surface area contributed by atoms with Crippen LogP contribution < -0.4 is 10.2 Å². The molecular weight excluding hydrogens is 318 g/mol. The Morgan fingerprint density at radius 3 is 2.84 bits per heavy atom. The number of rotatable bonds is 5. The highest BCUT2D eigenvalue weighted by molar-refractivity contribution is 5.75. The van der Waals surface area contributed by atoms with Gasteiger partial charge < -0.3 is 19.9 Å². The molecule has 1 aromatic heterocycles. The summed E-state index contributed by atoms with van der Waals surface area (Å²) in [6, 6.07) is 2.51. The highest BCUT2D eigenvalue weighted by Crippen LogP contribution is 2.29. The molecule has 7 heteroatoms. The van der Waals surface area contributed by atoms with Crippen molar-refractivity contribution in [3.8, 4) is 0 Å². The lowest BCUT2D eigenvalue weighted by Gasteiger charge is -2.35. The predicted molar refractivity (Wildman–Crippen MR) is 94.5 cm³/mol. The van der Waals surface area contributed by atoms with Crippen LogP contribution >= 0.6 is 0 Å². The molecule has 3 heterocycles. The third-order valence-corrected chi connectivity index (χ3v) is 5.31. The van der Waals surface area contributed by atoms with Gasteiger partial charge in [-0.1, -0.05) is 0 Å². The zero-order valence-electron chi connectivity index (χ0n) is 14.6. The number of nitrogens with one attached hydrogen (secondary N) is 1. The minimum Gasteiger partial charge on any atom is -0.381 e. The number of hydrogen-bond donors (Lipinski definition) is 1. The Labute approximate surface area is 148 Å². The smallest absolute Gasteiger partial charge is 0.317 e. The molecule has 2 amide bonds. The minimum atomic E-state index is 0.0928. The van der Waals surface area contributed by atoms with Crippen LogP contribution in [0.2, 0.25) is 0 Å². The fraction of sp³-hybridized carbons (Fsp3) is 0.722. The van der Waals surface area contributed by atoms with Crippen molar-refractivity contribution in [3.63, 3.8) is 0 Å². The van der Waals surface area contributed by atoms with E-state index in [0.29, 0.717) is 12.0 Å². The van der Waals surface area contributed by atoms with Gasteiger partial charge in [-0.2, -0.15) is 0 Å². The van der Waals surface area contributed by atoms with Crippen LogP contribution in [0.15, 0.2) is 18.5 Å². The summed E-state index contributed by atoms with van der Waals surface area (Å²) >= 11 is 0. The molecule has 2 saturated heterocycles. The summed E-state index contributed by atoms with van der Waals surface area (Å²) in [7, 11) is 0. The summed E-state index contributed by atoms with van der Waals surface area (Å²) in [6.07, 6.45) is 8.93. The molecule has 0 unspecified atom stereocenters. The molecule has 1 saturated carbocycles. The Kier molecular flexibility index (Phi) is 5.01. The van der Waals surface area contributed by atoms with Crippen molar-refractivity contribution in [2.24, 2.45) is 5.92 Å². The number of hydrogen-bond acceptors (Lipinski definition) is 5. The topological polar surface area (TPSA) is 70.6 Å². The van der Waals surface area contributed by atoms with Gasteiger partial charge in [-0.15, -0.1) is 0 Å². The van der Waals surface area contributed by atoms with E-state index in [9.17, 15) is 4.79 Å². The van der Waals surface area contributed by atoms with Crippen molar-refractivity contribution >= 4 is 12.0 Å². The van der Waals surface area contributed by atoms with Crippen molar-refractivity contribution in [1.82, 2.24) is 20.2 Å². The first-order valence-electron chi connectivity index (χ1n) is 9.46. The lowest BCUT2D eigenvalue weighted by atomic mass is 10.1. The molecule has 0 spiro atoms. The molecule has 1 aliphatic carbocycles. The summed E-state index contributed by atoms with van der Waals surface area (Å²) in [6.45, 7) is 4.18. The highest BCUT2D eigenvalue weighted by Gasteiger charge is 2.36. The van der Waals surface area contributed by atoms with E-state index in [-0.39, 0.29) is 12.1 Å². The molecule has 136 valence electrons. The van der Waals surface area contributed by atoms with Crippen LogP contribution in [0.25, 0.3) is 0 Å². The van der Waals surface area contributed by atoms with Gasteiger partial charge in [0.15, 0.2) is 0 Å². The molecule has 3 fully saturated rings. The van der Waals surface area contributed by atoms with Crippen molar-refractivity contribution in [1.29, 1.82) is 0 Å². The zero-order chi connectivity index (χ0) is 17.1. The minimum absolute atomic E-state index is 0.0928. The fourth-order valence-corrected chi connectivity index (χ4v) is 3.78. The molecule has 2 atom stereocenters. The van der Waals surface area contributed by atoms with Crippen molar-refractivity contribution in [2.45, 2.75) is 44.2 Å². The van der Waals surface area contributed by atoms with E-state index < -0.39 is 0 Å². The maximum atomic E-state index is 12.8. The summed E-state index contributed by atoms with van der Waals surface area (Å²) in [5, 5.41) is 3.26. The molecule has 4 rings (SSSR count). The maximum Gasteiger partial charge on any atom is 0.317 e. The number of aromatic nitrogens is 2. The van der Waals surface area contributed by atoms with E-state index in [4.69, 9.17) is 4.74 Å². The van der Waals surface area contributed by atoms with Gasteiger partial charge in [0, 0.05) is 56.6 Å². The first kappa shape index (κ1) is 16.6. The van der Waals surface area contributed by atoms with Crippen LogP contribution in [0.3, 0.4) is 0 Å². The number of urea groups is 1. The van der Waals surface area contributed by atoms with E-state index in [1.165, 1.54) is 0 Å². The number of amides is 2. The molecule has 7 nitrogen and oxygen atoms in total. The van der Waals surface area contributed by atoms with Gasteiger partial charge in [0.1, 0.15) is 0 Å². The van der Waals surface area contributed by atoms with Crippen LogP contribution in [0.1, 0.15) is 32.1 Å². The average molecular weight is 345 g/mol. The summed E-state index contributed by atoms with van der Waals surface area (Å²) in [5.41, 5.74) is 0. The van der Waals surface area contributed by atoms with Crippen molar-refractivity contribution in [3.05, 3.63) is 18.5 Å². The van der Waals surface area contributed by atoms with Crippen LogP contribution in [-0.2, 0) is 4.74 Å². The van der Waals surface area contributed by atoms with Gasteiger partial charge in [0.05, 0.1) is 6.61 Å². The predicted octanol–water partition coefficient (Wildman–Crippen LogP) is 1.66. The monoisotopic (exact) mass is 345 g/mol. The van der Waals surface area contributed by atoms with E-state index in [0.717, 1.165) is 70.9 Å². The van der Waals surface area contributed by atoms with Gasteiger partial charge in [0.25, 0.3) is 0 Å². The van der Waals surface area contributed by atoms with E-state index in [1.807, 2.05) is 6.07 Å². The highest BCUT2D eigenvalue weighted by atomic mass is 16.5. The van der Waals surface area contributed by atoms with Crippen LogP contribution in [-0.4, -0.2) is 65.8 Å². The molecule has 0 bridgehead atoms. The van der Waals surface area contributed by atoms with E-state index in [1.54, 1.807) is 12.4 Å². The second-order valence-corrected chi connectivity index (χ2v) is 7.40. The second kappa shape index (κ2) is 7.56. The van der Waals surface area contributed by atoms with Gasteiger partial charge in [0.2, 0.25) is 5.95 Å². The quantitative estimate of drug-likeness (QED) is 0.879. The molecule has 25 heavy (non-hydrogen) atoms.